The number of hydrogen-bond donors (Lipinski definition) is 2. The molecule has 28 heavy (non-hydrogen) atoms. The van der Waals surface area contributed by atoms with E-state index in [-0.39, 0.29) is 29.9 Å². The Morgan fingerprint density at radius 2 is 1.96 bits per heavy atom. The summed E-state index contributed by atoms with van der Waals surface area (Å²) >= 11 is 0. The summed E-state index contributed by atoms with van der Waals surface area (Å²) < 4.78 is 5.11. The average Bonchev–Trinajstić information content (AvgIpc) is 3.15. The maximum atomic E-state index is 12.7. The van der Waals surface area contributed by atoms with Gasteiger partial charge in [0, 0.05) is 51.8 Å². The van der Waals surface area contributed by atoms with E-state index in [2.05, 4.69) is 34.4 Å². The van der Waals surface area contributed by atoms with Gasteiger partial charge < -0.3 is 25.2 Å². The van der Waals surface area contributed by atoms with E-state index < -0.39 is 0 Å². The van der Waals surface area contributed by atoms with Crippen molar-refractivity contribution in [2.45, 2.75) is 51.5 Å². The molecule has 1 saturated carbocycles. The molecule has 7 nitrogen and oxygen atoms in total. The molecule has 1 amide bonds. The first-order chi connectivity index (χ1) is 13.1. The Kier molecular flexibility index (Phi) is 13.1. The molecule has 1 heterocycles. The number of carbonyl (C=O) groups is 1. The molecule has 0 bridgehead atoms. The van der Waals surface area contributed by atoms with Crippen molar-refractivity contribution in [2.24, 2.45) is 10.9 Å². The first kappa shape index (κ1) is 25.4. The SMILES string of the molecule is CCNC(=NCCN(C)CCOC)NC1CCN(C(=O)C2CCCCC2)C1.I. The molecular formula is C20H40IN5O2. The molecule has 1 saturated heterocycles. The van der Waals surface area contributed by atoms with Gasteiger partial charge in [-0.3, -0.25) is 9.79 Å². The quantitative estimate of drug-likeness (QED) is 0.283. The minimum atomic E-state index is 0. The largest absolute Gasteiger partial charge is 0.383 e. The highest BCUT2D eigenvalue weighted by atomic mass is 127. The van der Waals surface area contributed by atoms with Gasteiger partial charge in [0.25, 0.3) is 0 Å². The molecule has 0 aromatic heterocycles. The molecule has 1 aliphatic heterocycles. The van der Waals surface area contributed by atoms with Crippen LogP contribution < -0.4 is 10.6 Å². The van der Waals surface area contributed by atoms with Crippen LogP contribution in [0.5, 0.6) is 0 Å². The summed E-state index contributed by atoms with van der Waals surface area (Å²) in [5.41, 5.74) is 0. The van der Waals surface area contributed by atoms with Gasteiger partial charge in [0.05, 0.1) is 13.2 Å². The Labute approximate surface area is 188 Å². The molecule has 1 atom stereocenters. The molecular weight excluding hydrogens is 469 g/mol. The first-order valence-electron chi connectivity index (χ1n) is 10.6. The topological polar surface area (TPSA) is 69.2 Å². The Bertz CT molecular complexity index is 472. The molecule has 0 spiro atoms. The number of nitrogens with one attached hydrogen (secondary N) is 2. The minimum absolute atomic E-state index is 0. The molecule has 1 unspecified atom stereocenters. The molecule has 2 fully saturated rings. The molecule has 0 aromatic carbocycles. The molecule has 2 rings (SSSR count). The second kappa shape index (κ2) is 14.4. The number of nitrogens with zero attached hydrogens (tertiary/aromatic N) is 3. The summed E-state index contributed by atoms with van der Waals surface area (Å²) in [5.74, 6) is 1.50. The van der Waals surface area contributed by atoms with Gasteiger partial charge >= 0.3 is 0 Å². The third-order valence-electron chi connectivity index (χ3n) is 5.57. The molecule has 1 aliphatic carbocycles. The average molecular weight is 509 g/mol. The van der Waals surface area contributed by atoms with E-state index in [1.807, 2.05) is 0 Å². The Hall–Kier alpha value is -0.610. The van der Waals surface area contributed by atoms with E-state index in [4.69, 9.17) is 9.73 Å². The van der Waals surface area contributed by atoms with Gasteiger partial charge in [0.15, 0.2) is 5.96 Å². The number of rotatable bonds is 9. The highest BCUT2D eigenvalue weighted by Crippen LogP contribution is 2.26. The number of carbonyl (C=O) groups excluding carboxylic acids is 1. The van der Waals surface area contributed by atoms with Crippen LogP contribution in [-0.2, 0) is 9.53 Å². The second-order valence-electron chi connectivity index (χ2n) is 7.81. The lowest BCUT2D eigenvalue weighted by atomic mass is 9.88. The summed E-state index contributed by atoms with van der Waals surface area (Å²) in [5, 5.41) is 6.85. The predicted molar refractivity (Wildman–Crippen MR) is 125 cm³/mol. The van der Waals surface area contributed by atoms with Crippen molar-refractivity contribution in [3.63, 3.8) is 0 Å². The van der Waals surface area contributed by atoms with Crippen LogP contribution in [0.25, 0.3) is 0 Å². The predicted octanol–water partition coefficient (Wildman–Crippen LogP) is 1.92. The van der Waals surface area contributed by atoms with Gasteiger partial charge in [-0.15, -0.1) is 24.0 Å². The second-order valence-corrected chi connectivity index (χ2v) is 7.81. The number of aliphatic imine (C=N–C) groups is 1. The fourth-order valence-electron chi connectivity index (χ4n) is 3.89. The van der Waals surface area contributed by atoms with Crippen molar-refractivity contribution in [2.75, 3.05) is 60.0 Å². The third kappa shape index (κ3) is 8.82. The summed E-state index contributed by atoms with van der Waals surface area (Å²) in [4.78, 5) is 21.7. The smallest absolute Gasteiger partial charge is 0.225 e. The maximum Gasteiger partial charge on any atom is 0.225 e. The monoisotopic (exact) mass is 509 g/mol. The van der Waals surface area contributed by atoms with Crippen LogP contribution >= 0.6 is 24.0 Å². The van der Waals surface area contributed by atoms with Gasteiger partial charge in [0.1, 0.15) is 0 Å². The number of methoxy groups -OCH3 is 1. The molecule has 0 radical (unpaired) electrons. The van der Waals surface area contributed by atoms with E-state index >= 15 is 0 Å². The normalized spacial score (nSPS) is 20.9. The fourth-order valence-corrected chi connectivity index (χ4v) is 3.89. The standard InChI is InChI=1S/C20H39N5O2.HI/c1-4-21-20(22-11-13-24(2)14-15-27-3)23-18-10-12-25(16-18)19(26)17-8-6-5-7-9-17;/h17-18H,4-16H2,1-3H3,(H2,21,22,23);1H. The third-order valence-corrected chi connectivity index (χ3v) is 5.57. The maximum absolute atomic E-state index is 12.7. The van der Waals surface area contributed by atoms with Crippen molar-refractivity contribution >= 4 is 35.8 Å². The van der Waals surface area contributed by atoms with Crippen molar-refractivity contribution in [1.29, 1.82) is 0 Å². The van der Waals surface area contributed by atoms with Gasteiger partial charge in [-0.05, 0) is 33.2 Å². The number of amides is 1. The summed E-state index contributed by atoms with van der Waals surface area (Å²) in [6, 6.07) is 0.293. The van der Waals surface area contributed by atoms with Crippen LogP contribution in [0.3, 0.4) is 0 Å². The number of ether oxygens (including phenoxy) is 1. The highest BCUT2D eigenvalue weighted by Gasteiger charge is 2.31. The lowest BCUT2D eigenvalue weighted by Crippen LogP contribution is -2.46. The van der Waals surface area contributed by atoms with E-state index in [1.54, 1.807) is 7.11 Å². The molecule has 2 aliphatic rings. The van der Waals surface area contributed by atoms with Crippen LogP contribution in [0.1, 0.15) is 45.4 Å². The van der Waals surface area contributed by atoms with E-state index in [1.165, 1.54) is 19.3 Å². The number of likely N-dealkylation sites (tertiary alicyclic amines) is 1. The van der Waals surface area contributed by atoms with E-state index in [0.717, 1.165) is 71.1 Å². The van der Waals surface area contributed by atoms with Crippen molar-refractivity contribution < 1.29 is 9.53 Å². The molecule has 0 aromatic rings. The van der Waals surface area contributed by atoms with Crippen LogP contribution in [-0.4, -0.2) is 87.7 Å². The van der Waals surface area contributed by atoms with Crippen LogP contribution in [0, 0.1) is 5.92 Å². The zero-order valence-corrected chi connectivity index (χ0v) is 20.2. The number of hydrogen-bond acceptors (Lipinski definition) is 4. The van der Waals surface area contributed by atoms with Crippen LogP contribution in [0.2, 0.25) is 0 Å². The van der Waals surface area contributed by atoms with Gasteiger partial charge in [0.2, 0.25) is 5.91 Å². The summed E-state index contributed by atoms with van der Waals surface area (Å²) in [6.45, 7) is 7.88. The lowest BCUT2D eigenvalue weighted by molar-refractivity contribution is -0.135. The zero-order valence-electron chi connectivity index (χ0n) is 17.9. The minimum Gasteiger partial charge on any atom is -0.383 e. The van der Waals surface area contributed by atoms with Crippen molar-refractivity contribution in [1.82, 2.24) is 20.4 Å². The molecule has 2 N–H and O–H groups in total. The fraction of sp³-hybridized carbons (Fsp3) is 0.900. The molecule has 8 heteroatoms. The number of guanidine groups is 1. The van der Waals surface area contributed by atoms with Gasteiger partial charge in [-0.25, -0.2) is 0 Å². The Morgan fingerprint density at radius 3 is 2.64 bits per heavy atom. The van der Waals surface area contributed by atoms with Crippen molar-refractivity contribution in [3.05, 3.63) is 0 Å². The number of halogens is 1. The lowest BCUT2D eigenvalue weighted by Gasteiger charge is -2.26. The Morgan fingerprint density at radius 1 is 1.21 bits per heavy atom. The number of likely N-dealkylation sites (N-methyl/N-ethyl adjacent to an activating group) is 1. The first-order valence-corrected chi connectivity index (χ1v) is 10.6. The summed E-state index contributed by atoms with van der Waals surface area (Å²) in [7, 11) is 3.81. The van der Waals surface area contributed by atoms with Crippen molar-refractivity contribution in [3.8, 4) is 0 Å². The van der Waals surface area contributed by atoms with Gasteiger partial charge in [-0.1, -0.05) is 19.3 Å². The molecule has 164 valence electrons. The van der Waals surface area contributed by atoms with Crippen LogP contribution in [0.15, 0.2) is 4.99 Å². The summed E-state index contributed by atoms with van der Waals surface area (Å²) in [6.07, 6.45) is 6.86. The van der Waals surface area contributed by atoms with Gasteiger partial charge in [-0.2, -0.15) is 0 Å². The Balaban J connectivity index is 0.00000392. The zero-order chi connectivity index (χ0) is 19.5. The highest BCUT2D eigenvalue weighted by molar-refractivity contribution is 14.0. The van der Waals surface area contributed by atoms with E-state index in [9.17, 15) is 4.79 Å². The van der Waals surface area contributed by atoms with E-state index in [0.29, 0.717) is 11.9 Å². The van der Waals surface area contributed by atoms with Crippen LogP contribution in [0.4, 0.5) is 0 Å².